The summed E-state index contributed by atoms with van der Waals surface area (Å²) in [4.78, 5) is 24.8. The molecule has 4 rings (SSSR count). The van der Waals surface area contributed by atoms with E-state index in [1.54, 1.807) is 0 Å². The Morgan fingerprint density at radius 2 is 1.38 bits per heavy atom. The highest BCUT2D eigenvalue weighted by molar-refractivity contribution is 6.74. The molecule has 2 aliphatic rings. The van der Waals surface area contributed by atoms with Crippen LogP contribution in [0.3, 0.4) is 0 Å². The lowest BCUT2D eigenvalue weighted by Gasteiger charge is -2.49. The Bertz CT molecular complexity index is 1360. The van der Waals surface area contributed by atoms with E-state index in [2.05, 4.69) is 39.2 Å². The van der Waals surface area contributed by atoms with E-state index in [1.165, 1.54) is 13.8 Å². The molecular weight excluding hydrogens is 666 g/mol. The molecule has 2 aromatic carbocycles. The number of hydrogen-bond donors (Lipinski definition) is 4. The second kappa shape index (κ2) is 17.6. The molecule has 0 aliphatic carbocycles. The van der Waals surface area contributed by atoms with E-state index >= 15 is 0 Å². The number of aliphatic hydroxyl groups excluding tert-OH is 3. The number of carbonyl (C=O) groups excluding carboxylic acids is 2. The van der Waals surface area contributed by atoms with Crippen LogP contribution < -0.4 is 5.32 Å². The fourth-order valence-electron chi connectivity index (χ4n) is 5.66. The largest absolute Gasteiger partial charge is 0.454 e. The molecule has 2 fully saturated rings. The minimum absolute atomic E-state index is 0.0706. The minimum atomic E-state index is -2.34. The van der Waals surface area contributed by atoms with Gasteiger partial charge in [-0.15, -0.1) is 0 Å². The van der Waals surface area contributed by atoms with Crippen molar-refractivity contribution in [2.24, 2.45) is 0 Å². The Balaban J connectivity index is 1.77. The first-order valence-electron chi connectivity index (χ1n) is 16.9. The highest BCUT2D eigenvalue weighted by atomic mass is 28.4. The maximum Gasteiger partial charge on any atom is 0.303 e. The molecule has 2 heterocycles. The second-order valence-corrected chi connectivity index (χ2v) is 19.1. The average molecular weight is 720 g/mol. The number of rotatable bonds is 14. The summed E-state index contributed by atoms with van der Waals surface area (Å²) in [5, 5.41) is 34.4. The minimum Gasteiger partial charge on any atom is -0.454 e. The van der Waals surface area contributed by atoms with E-state index in [0.29, 0.717) is 0 Å². The lowest BCUT2D eigenvalue weighted by atomic mass is 9.95. The number of carbonyl (C=O) groups is 2. The van der Waals surface area contributed by atoms with E-state index in [1.807, 2.05) is 60.7 Å². The van der Waals surface area contributed by atoms with Gasteiger partial charge < -0.3 is 53.5 Å². The lowest BCUT2D eigenvalue weighted by molar-refractivity contribution is -0.350. The van der Waals surface area contributed by atoms with Gasteiger partial charge in [0.05, 0.1) is 26.4 Å². The molecule has 14 heteroatoms. The fourth-order valence-corrected chi connectivity index (χ4v) is 6.67. The maximum atomic E-state index is 12.7. The molecule has 1 amide bonds. The monoisotopic (exact) mass is 719 g/mol. The highest BCUT2D eigenvalue weighted by Crippen LogP contribution is 2.38. The molecule has 0 spiro atoms. The first-order valence-corrected chi connectivity index (χ1v) is 19.8. The Labute approximate surface area is 295 Å². The summed E-state index contributed by atoms with van der Waals surface area (Å²) < 4.78 is 44.0. The first-order chi connectivity index (χ1) is 23.6. The number of benzene rings is 2. The van der Waals surface area contributed by atoms with Gasteiger partial charge in [-0.25, -0.2) is 0 Å². The summed E-state index contributed by atoms with van der Waals surface area (Å²) in [7, 11) is -2.34. The topological polar surface area (TPSA) is 171 Å². The standard InChI is InChI=1S/C36H53NO12Si/c1-22(39)37-28-31(29(41)26(18-38)47-34(28)42)49-35-33(46-23(2)40)32(44-20-25-16-12-9-13-17-25)30(43-19-24-14-10-8-11-15-24)27(48-35)21-45-50(6,7)36(3,4)5/h8-17,26-35,38,41-42H,18-21H2,1-7H3,(H,37,39)/t26-,27-,28-,29-,30-,31-,32+,33-,34-,35+/m1/s1. The quantitative estimate of drug-likeness (QED) is 0.167. The molecule has 0 saturated carbocycles. The van der Waals surface area contributed by atoms with Gasteiger partial charge in [-0.1, -0.05) is 81.4 Å². The van der Waals surface area contributed by atoms with Gasteiger partial charge in [0.25, 0.3) is 0 Å². The van der Waals surface area contributed by atoms with Gasteiger partial charge in [-0.3, -0.25) is 9.59 Å². The molecule has 0 bridgehead atoms. The van der Waals surface area contributed by atoms with E-state index in [0.717, 1.165) is 11.1 Å². The van der Waals surface area contributed by atoms with Crippen LogP contribution in [-0.4, -0.2) is 110 Å². The molecule has 2 aromatic rings. The molecule has 4 N–H and O–H groups in total. The summed E-state index contributed by atoms with van der Waals surface area (Å²) in [6.07, 6.45) is -11.1. The van der Waals surface area contributed by atoms with Crippen LogP contribution in [-0.2, 0) is 55.7 Å². The van der Waals surface area contributed by atoms with Crippen LogP contribution in [0.5, 0.6) is 0 Å². The van der Waals surface area contributed by atoms with Crippen molar-refractivity contribution in [3.8, 4) is 0 Å². The van der Waals surface area contributed by atoms with Gasteiger partial charge in [0.2, 0.25) is 5.91 Å². The van der Waals surface area contributed by atoms with Crippen LogP contribution in [0.25, 0.3) is 0 Å². The predicted octanol–water partition coefficient (Wildman–Crippen LogP) is 2.80. The molecule has 13 nitrogen and oxygen atoms in total. The normalized spacial score (nSPS) is 30.4. The fraction of sp³-hybridized carbons (Fsp3) is 0.611. The summed E-state index contributed by atoms with van der Waals surface area (Å²) in [6.45, 7) is 12.8. The third-order valence-electron chi connectivity index (χ3n) is 9.41. The third kappa shape index (κ3) is 10.4. The van der Waals surface area contributed by atoms with Gasteiger partial charge in [-0.05, 0) is 29.3 Å². The molecule has 0 aromatic heterocycles. The van der Waals surface area contributed by atoms with Crippen molar-refractivity contribution in [1.29, 1.82) is 0 Å². The van der Waals surface area contributed by atoms with Crippen LogP contribution in [0.15, 0.2) is 60.7 Å². The Hall–Kier alpha value is -2.76. The number of hydrogen-bond acceptors (Lipinski definition) is 12. The van der Waals surface area contributed by atoms with Crippen LogP contribution in [0, 0.1) is 0 Å². The summed E-state index contributed by atoms with van der Waals surface area (Å²) in [6, 6.07) is 17.8. The Morgan fingerprint density at radius 1 is 0.820 bits per heavy atom. The van der Waals surface area contributed by atoms with Crippen LogP contribution in [0.4, 0.5) is 0 Å². The number of ether oxygens (including phenoxy) is 6. The number of esters is 1. The SMILES string of the molecule is CC(=O)N[C@@H]1[C@@H](O[C@@H]2O[C@H](CO[Si](C)(C)C(C)(C)C)[C@@H](OCc3ccccc3)[C@H](OCc3ccccc3)[C@H]2OC(C)=O)[C@H](O)[C@@H](CO)O[C@H]1O. The molecule has 0 radical (unpaired) electrons. The molecule has 50 heavy (non-hydrogen) atoms. The zero-order valence-corrected chi connectivity index (χ0v) is 30.9. The Kier molecular flexibility index (Phi) is 14.1. The van der Waals surface area contributed by atoms with Crippen LogP contribution in [0.1, 0.15) is 45.7 Å². The van der Waals surface area contributed by atoms with Crippen molar-refractivity contribution in [2.45, 2.75) is 127 Å². The van der Waals surface area contributed by atoms with Gasteiger partial charge in [0.1, 0.15) is 42.7 Å². The van der Waals surface area contributed by atoms with E-state index in [9.17, 15) is 24.9 Å². The van der Waals surface area contributed by atoms with Crippen LogP contribution >= 0.6 is 0 Å². The molecule has 2 saturated heterocycles. The lowest BCUT2D eigenvalue weighted by Crippen LogP contribution is -2.68. The van der Waals surface area contributed by atoms with Gasteiger partial charge in [-0.2, -0.15) is 0 Å². The summed E-state index contributed by atoms with van der Waals surface area (Å²) in [5.41, 5.74) is 1.75. The van der Waals surface area contributed by atoms with Crippen molar-refractivity contribution < 1.29 is 57.8 Å². The number of aliphatic hydroxyl groups is 3. The van der Waals surface area contributed by atoms with Crippen molar-refractivity contribution in [2.75, 3.05) is 13.2 Å². The van der Waals surface area contributed by atoms with E-state index < -0.39 is 88.2 Å². The smallest absolute Gasteiger partial charge is 0.303 e. The second-order valence-electron chi connectivity index (χ2n) is 14.3. The van der Waals surface area contributed by atoms with Crippen molar-refractivity contribution in [3.05, 3.63) is 71.8 Å². The van der Waals surface area contributed by atoms with Gasteiger partial charge in [0, 0.05) is 13.8 Å². The molecule has 278 valence electrons. The summed E-state index contributed by atoms with van der Waals surface area (Å²) >= 11 is 0. The van der Waals surface area contributed by atoms with Gasteiger partial charge in [0.15, 0.2) is 27.0 Å². The van der Waals surface area contributed by atoms with E-state index in [-0.39, 0.29) is 24.9 Å². The van der Waals surface area contributed by atoms with Crippen molar-refractivity contribution >= 4 is 20.2 Å². The number of amides is 1. The maximum absolute atomic E-state index is 12.7. The zero-order valence-electron chi connectivity index (χ0n) is 29.9. The first kappa shape index (κ1) is 40.0. The predicted molar refractivity (Wildman–Crippen MR) is 184 cm³/mol. The molecule has 0 unspecified atom stereocenters. The Morgan fingerprint density at radius 3 is 1.88 bits per heavy atom. The third-order valence-corrected chi connectivity index (χ3v) is 13.9. The number of nitrogens with one attached hydrogen (secondary N) is 1. The van der Waals surface area contributed by atoms with Crippen molar-refractivity contribution in [1.82, 2.24) is 5.32 Å². The highest BCUT2D eigenvalue weighted by Gasteiger charge is 2.54. The van der Waals surface area contributed by atoms with Crippen molar-refractivity contribution in [3.63, 3.8) is 0 Å². The molecular formula is C36H53NO12Si. The van der Waals surface area contributed by atoms with Gasteiger partial charge >= 0.3 is 5.97 Å². The molecule has 2 aliphatic heterocycles. The molecule has 10 atom stereocenters. The summed E-state index contributed by atoms with van der Waals surface area (Å²) in [5.74, 6) is -1.18. The van der Waals surface area contributed by atoms with Crippen LogP contribution in [0.2, 0.25) is 18.1 Å². The average Bonchev–Trinajstić information content (AvgIpc) is 3.06. The van der Waals surface area contributed by atoms with E-state index in [4.69, 9.17) is 32.8 Å². The zero-order chi connectivity index (χ0) is 36.6.